The second kappa shape index (κ2) is 5.78. The molecule has 0 fully saturated rings. The van der Waals surface area contributed by atoms with Crippen LogP contribution in [-0.4, -0.2) is 17.4 Å². The third-order valence-electron chi connectivity index (χ3n) is 3.64. The van der Waals surface area contributed by atoms with Gasteiger partial charge in [-0.25, -0.2) is 0 Å². The molecule has 108 valence electrons. The largest absolute Gasteiger partial charge is 0.308 e. The van der Waals surface area contributed by atoms with Gasteiger partial charge in [0, 0.05) is 28.4 Å². The van der Waals surface area contributed by atoms with E-state index in [-0.39, 0.29) is 5.91 Å². The van der Waals surface area contributed by atoms with Gasteiger partial charge in [0.05, 0.1) is 11.3 Å². The zero-order valence-corrected chi connectivity index (χ0v) is 13.9. The molecule has 0 unspecified atom stereocenters. The van der Waals surface area contributed by atoms with E-state index >= 15 is 0 Å². The Balaban J connectivity index is 2.04. The maximum atomic E-state index is 12.8. The van der Waals surface area contributed by atoms with Crippen molar-refractivity contribution in [3.8, 4) is 0 Å². The van der Waals surface area contributed by atoms with E-state index < -0.39 is 0 Å². The summed E-state index contributed by atoms with van der Waals surface area (Å²) >= 11 is 9.49. The summed E-state index contributed by atoms with van der Waals surface area (Å²) in [6.07, 6.45) is 5.18. The van der Waals surface area contributed by atoms with E-state index in [1.165, 1.54) is 0 Å². The molecule has 0 aliphatic carbocycles. The molecule has 0 spiro atoms. The van der Waals surface area contributed by atoms with Gasteiger partial charge in [0.15, 0.2) is 0 Å². The average Bonchev–Trinajstić information content (AvgIpc) is 2.45. The predicted molar refractivity (Wildman–Crippen MR) is 88.1 cm³/mol. The SMILES string of the molecule is Cc1cc(Cl)cc2c1N(C(=O)c1cncc(Br)c1)CCC2. The molecule has 1 aliphatic rings. The van der Waals surface area contributed by atoms with Gasteiger partial charge in [-0.15, -0.1) is 0 Å². The molecule has 0 bridgehead atoms. The fourth-order valence-electron chi connectivity index (χ4n) is 2.81. The number of hydrogen-bond donors (Lipinski definition) is 0. The Hall–Kier alpha value is -1.39. The summed E-state index contributed by atoms with van der Waals surface area (Å²) < 4.78 is 0.804. The lowest BCUT2D eigenvalue weighted by Crippen LogP contribution is -2.36. The molecule has 0 saturated heterocycles. The highest BCUT2D eigenvalue weighted by Gasteiger charge is 2.25. The fraction of sp³-hybridized carbons (Fsp3) is 0.250. The summed E-state index contributed by atoms with van der Waals surface area (Å²) in [5.41, 5.74) is 3.76. The van der Waals surface area contributed by atoms with Crippen molar-refractivity contribution in [1.29, 1.82) is 0 Å². The first kappa shape index (κ1) is 14.5. The predicted octanol–water partition coefficient (Wildman–Crippen LogP) is 4.40. The maximum Gasteiger partial charge on any atom is 0.259 e. The monoisotopic (exact) mass is 364 g/mol. The van der Waals surface area contributed by atoms with Crippen LogP contribution in [0.15, 0.2) is 35.1 Å². The Morgan fingerprint density at radius 2 is 2.14 bits per heavy atom. The summed E-state index contributed by atoms with van der Waals surface area (Å²) in [5, 5.41) is 0.727. The lowest BCUT2D eigenvalue weighted by atomic mass is 9.97. The van der Waals surface area contributed by atoms with E-state index in [2.05, 4.69) is 20.9 Å². The number of fused-ring (bicyclic) bond motifs is 1. The van der Waals surface area contributed by atoms with Gasteiger partial charge in [0.1, 0.15) is 0 Å². The minimum absolute atomic E-state index is 0.0184. The van der Waals surface area contributed by atoms with Crippen molar-refractivity contribution in [2.45, 2.75) is 19.8 Å². The number of carbonyl (C=O) groups excluding carboxylic acids is 1. The zero-order chi connectivity index (χ0) is 15.0. The van der Waals surface area contributed by atoms with Gasteiger partial charge < -0.3 is 4.90 Å². The molecular formula is C16H14BrClN2O. The average molecular weight is 366 g/mol. The van der Waals surface area contributed by atoms with E-state index in [1.54, 1.807) is 18.5 Å². The van der Waals surface area contributed by atoms with E-state index in [1.807, 2.05) is 24.0 Å². The Morgan fingerprint density at radius 1 is 1.33 bits per heavy atom. The molecule has 0 N–H and O–H groups in total. The Bertz CT molecular complexity index is 717. The first-order chi connectivity index (χ1) is 10.1. The van der Waals surface area contributed by atoms with E-state index in [0.717, 1.165) is 45.7 Å². The van der Waals surface area contributed by atoms with Crippen LogP contribution in [0.1, 0.15) is 27.9 Å². The highest BCUT2D eigenvalue weighted by molar-refractivity contribution is 9.10. The molecule has 0 saturated carbocycles. The van der Waals surface area contributed by atoms with Crippen LogP contribution in [0.5, 0.6) is 0 Å². The third kappa shape index (κ3) is 2.83. The van der Waals surface area contributed by atoms with Gasteiger partial charge in [-0.1, -0.05) is 11.6 Å². The van der Waals surface area contributed by atoms with Crippen molar-refractivity contribution in [2.24, 2.45) is 0 Å². The summed E-state index contributed by atoms with van der Waals surface area (Å²) in [6.45, 7) is 2.72. The van der Waals surface area contributed by atoms with Crippen LogP contribution in [0.25, 0.3) is 0 Å². The number of carbonyl (C=O) groups is 1. The highest BCUT2D eigenvalue weighted by Crippen LogP contribution is 2.34. The third-order valence-corrected chi connectivity index (χ3v) is 4.29. The number of aromatic nitrogens is 1. The second-order valence-electron chi connectivity index (χ2n) is 5.18. The summed E-state index contributed by atoms with van der Waals surface area (Å²) in [4.78, 5) is 18.7. The van der Waals surface area contributed by atoms with Gasteiger partial charge in [-0.3, -0.25) is 9.78 Å². The van der Waals surface area contributed by atoms with Gasteiger partial charge in [-0.2, -0.15) is 0 Å². The highest BCUT2D eigenvalue weighted by atomic mass is 79.9. The van der Waals surface area contributed by atoms with Crippen molar-refractivity contribution in [2.75, 3.05) is 11.4 Å². The van der Waals surface area contributed by atoms with E-state index in [9.17, 15) is 4.79 Å². The number of rotatable bonds is 1. The van der Waals surface area contributed by atoms with Gasteiger partial charge >= 0.3 is 0 Å². The quantitative estimate of drug-likeness (QED) is 0.750. The zero-order valence-electron chi connectivity index (χ0n) is 11.6. The number of halogens is 2. The fourth-order valence-corrected chi connectivity index (χ4v) is 3.47. The topological polar surface area (TPSA) is 33.2 Å². The molecule has 1 amide bonds. The first-order valence-corrected chi connectivity index (χ1v) is 7.95. The van der Waals surface area contributed by atoms with E-state index in [4.69, 9.17) is 11.6 Å². The molecule has 2 aromatic rings. The van der Waals surface area contributed by atoms with Crippen LogP contribution >= 0.6 is 27.5 Å². The number of amides is 1. The van der Waals surface area contributed by atoms with Crippen molar-refractivity contribution in [1.82, 2.24) is 4.98 Å². The number of hydrogen-bond acceptors (Lipinski definition) is 2. The van der Waals surface area contributed by atoms with Crippen LogP contribution in [0.3, 0.4) is 0 Å². The Kier molecular flexibility index (Phi) is 4.00. The summed E-state index contributed by atoms with van der Waals surface area (Å²) in [5.74, 6) is -0.0184. The number of anilines is 1. The molecule has 3 nitrogen and oxygen atoms in total. The number of aryl methyl sites for hydroxylation is 2. The van der Waals surface area contributed by atoms with Crippen LogP contribution in [0.4, 0.5) is 5.69 Å². The molecule has 2 heterocycles. The summed E-state index contributed by atoms with van der Waals surface area (Å²) in [6, 6.07) is 5.67. The van der Waals surface area contributed by atoms with Crippen molar-refractivity contribution >= 4 is 39.1 Å². The van der Waals surface area contributed by atoms with Crippen LogP contribution < -0.4 is 4.90 Å². The number of nitrogens with zero attached hydrogens (tertiary/aromatic N) is 2. The minimum Gasteiger partial charge on any atom is -0.308 e. The van der Waals surface area contributed by atoms with Crippen LogP contribution in [0.2, 0.25) is 5.02 Å². The Morgan fingerprint density at radius 3 is 2.90 bits per heavy atom. The van der Waals surface area contributed by atoms with Crippen LogP contribution in [-0.2, 0) is 6.42 Å². The van der Waals surface area contributed by atoms with E-state index in [0.29, 0.717) is 5.56 Å². The summed E-state index contributed by atoms with van der Waals surface area (Å²) in [7, 11) is 0. The van der Waals surface area contributed by atoms with Gasteiger partial charge in [-0.05, 0) is 65.0 Å². The second-order valence-corrected chi connectivity index (χ2v) is 6.53. The van der Waals surface area contributed by atoms with Crippen molar-refractivity contribution in [3.05, 3.63) is 56.8 Å². The maximum absolute atomic E-state index is 12.8. The van der Waals surface area contributed by atoms with Crippen molar-refractivity contribution in [3.63, 3.8) is 0 Å². The van der Waals surface area contributed by atoms with Gasteiger partial charge in [0.25, 0.3) is 5.91 Å². The smallest absolute Gasteiger partial charge is 0.259 e. The molecule has 3 rings (SSSR count). The molecule has 1 aromatic heterocycles. The standard InChI is InChI=1S/C16H14BrClN2O/c1-10-5-14(18)7-11-3-2-4-20(15(10)11)16(21)12-6-13(17)9-19-8-12/h5-9H,2-4H2,1H3. The molecule has 0 atom stereocenters. The first-order valence-electron chi connectivity index (χ1n) is 6.77. The number of pyridine rings is 1. The molecule has 5 heteroatoms. The Labute approximate surface area is 137 Å². The molecule has 1 aliphatic heterocycles. The molecule has 0 radical (unpaired) electrons. The van der Waals surface area contributed by atoms with Crippen LogP contribution in [0, 0.1) is 6.92 Å². The molecule has 21 heavy (non-hydrogen) atoms. The van der Waals surface area contributed by atoms with Gasteiger partial charge in [0.2, 0.25) is 0 Å². The molecule has 1 aromatic carbocycles. The van der Waals surface area contributed by atoms with Crippen molar-refractivity contribution < 1.29 is 4.79 Å². The molecular weight excluding hydrogens is 352 g/mol. The number of benzene rings is 1. The minimum atomic E-state index is -0.0184. The lowest BCUT2D eigenvalue weighted by molar-refractivity contribution is 0.0984. The normalized spacial score (nSPS) is 14.0. The lowest BCUT2D eigenvalue weighted by Gasteiger charge is -2.31.